The van der Waals surface area contributed by atoms with Crippen LogP contribution in [0.3, 0.4) is 0 Å². The maximum atomic E-state index is 5.89. The highest BCUT2D eigenvalue weighted by Gasteiger charge is 2.17. The van der Waals surface area contributed by atoms with E-state index in [1.54, 1.807) is 0 Å². The molecule has 0 aromatic rings. The molecule has 2 N–H and O–H groups in total. The maximum absolute atomic E-state index is 5.89. The summed E-state index contributed by atoms with van der Waals surface area (Å²) < 4.78 is 0. The molecule has 0 saturated carbocycles. The van der Waals surface area contributed by atoms with E-state index < -0.39 is 0 Å². The summed E-state index contributed by atoms with van der Waals surface area (Å²) in [5.41, 5.74) is 5.90. The molecule has 0 aliphatic carbocycles. The highest BCUT2D eigenvalue weighted by atomic mass is 14.9. The molecule has 2 atom stereocenters. The Balaban J connectivity index is 4.39. The molecule has 0 aromatic carbocycles. The second-order valence-corrected chi connectivity index (χ2v) is 4.89. The lowest BCUT2D eigenvalue weighted by Gasteiger charge is -2.21. The van der Waals surface area contributed by atoms with Crippen LogP contribution in [0.2, 0.25) is 0 Å². The summed E-state index contributed by atoms with van der Waals surface area (Å²) in [6.07, 6.45) is 1.15. The van der Waals surface area contributed by atoms with Crippen LogP contribution in [0.15, 0.2) is 4.99 Å². The summed E-state index contributed by atoms with van der Waals surface area (Å²) in [5.74, 6) is 1.38. The number of nitrogens with two attached hydrogens (primary N) is 1. The van der Waals surface area contributed by atoms with Crippen molar-refractivity contribution in [2.45, 2.75) is 54.0 Å². The van der Waals surface area contributed by atoms with Gasteiger partial charge in [0.1, 0.15) is 0 Å². The summed E-state index contributed by atoms with van der Waals surface area (Å²) in [6, 6.07) is 0.337. The van der Waals surface area contributed by atoms with E-state index in [9.17, 15) is 0 Å². The van der Waals surface area contributed by atoms with Crippen LogP contribution < -0.4 is 5.73 Å². The van der Waals surface area contributed by atoms with Crippen molar-refractivity contribution in [3.05, 3.63) is 0 Å². The fraction of sp³-hybridized carbons (Fsp3) is 0.909. The molecule has 0 spiro atoms. The van der Waals surface area contributed by atoms with Crippen LogP contribution in [0.4, 0.5) is 0 Å². The zero-order valence-corrected chi connectivity index (χ0v) is 9.89. The highest BCUT2D eigenvalue weighted by molar-refractivity contribution is 5.85. The van der Waals surface area contributed by atoms with Gasteiger partial charge in [-0.1, -0.05) is 41.0 Å². The minimum atomic E-state index is 0.00171. The number of amidine groups is 1. The lowest BCUT2D eigenvalue weighted by molar-refractivity contribution is 0.463. The first kappa shape index (κ1) is 12.5. The summed E-state index contributed by atoms with van der Waals surface area (Å²) in [6.45, 7) is 12.8. The fourth-order valence-corrected chi connectivity index (χ4v) is 0.881. The summed E-state index contributed by atoms with van der Waals surface area (Å²) in [7, 11) is 0. The fourth-order valence-electron chi connectivity index (χ4n) is 0.881. The van der Waals surface area contributed by atoms with Gasteiger partial charge in [-0.05, 0) is 12.8 Å². The van der Waals surface area contributed by atoms with E-state index in [4.69, 9.17) is 5.73 Å². The largest absolute Gasteiger partial charge is 0.387 e. The molecule has 2 unspecified atom stereocenters. The molecule has 0 heterocycles. The van der Waals surface area contributed by atoms with Crippen molar-refractivity contribution in [1.29, 1.82) is 0 Å². The van der Waals surface area contributed by atoms with Gasteiger partial charge in [0.2, 0.25) is 0 Å². The van der Waals surface area contributed by atoms with Crippen molar-refractivity contribution < 1.29 is 0 Å². The van der Waals surface area contributed by atoms with Gasteiger partial charge in [0.15, 0.2) is 0 Å². The number of rotatable bonds is 3. The molecule has 2 heteroatoms. The molecule has 78 valence electrons. The second-order valence-electron chi connectivity index (χ2n) is 4.89. The average molecular weight is 184 g/mol. The lowest BCUT2D eigenvalue weighted by atomic mass is 9.94. The van der Waals surface area contributed by atoms with Crippen molar-refractivity contribution in [3.63, 3.8) is 0 Å². The Morgan fingerprint density at radius 1 is 1.31 bits per heavy atom. The van der Waals surface area contributed by atoms with Crippen LogP contribution in [0, 0.1) is 11.3 Å². The molecule has 13 heavy (non-hydrogen) atoms. The third kappa shape index (κ3) is 4.30. The zero-order chi connectivity index (χ0) is 10.6. The predicted octanol–water partition coefficient (Wildman–Crippen LogP) is 2.82. The predicted molar refractivity (Wildman–Crippen MR) is 60.0 cm³/mol. The van der Waals surface area contributed by atoms with E-state index in [2.05, 4.69) is 46.5 Å². The normalized spacial score (nSPS) is 18.5. The Bertz CT molecular complexity index is 177. The van der Waals surface area contributed by atoms with Crippen molar-refractivity contribution >= 4 is 5.84 Å². The van der Waals surface area contributed by atoms with Gasteiger partial charge in [-0.15, -0.1) is 0 Å². The van der Waals surface area contributed by atoms with Gasteiger partial charge in [-0.3, -0.25) is 4.99 Å². The minimum absolute atomic E-state index is 0.00171. The first-order valence-corrected chi connectivity index (χ1v) is 5.12. The van der Waals surface area contributed by atoms with Crippen LogP contribution >= 0.6 is 0 Å². The third-order valence-corrected chi connectivity index (χ3v) is 2.58. The molecule has 0 amide bonds. The van der Waals surface area contributed by atoms with E-state index in [-0.39, 0.29) is 5.41 Å². The molecule has 2 nitrogen and oxygen atoms in total. The van der Waals surface area contributed by atoms with E-state index in [0.29, 0.717) is 12.0 Å². The average Bonchev–Trinajstić information content (AvgIpc) is 2.01. The van der Waals surface area contributed by atoms with Crippen LogP contribution in [-0.2, 0) is 0 Å². The van der Waals surface area contributed by atoms with Gasteiger partial charge >= 0.3 is 0 Å². The molecule has 0 aliphatic rings. The Labute approximate surface area is 82.6 Å². The quantitative estimate of drug-likeness (QED) is 0.531. The highest BCUT2D eigenvalue weighted by Crippen LogP contribution is 2.16. The Morgan fingerprint density at radius 2 is 1.77 bits per heavy atom. The summed E-state index contributed by atoms with van der Waals surface area (Å²) in [5, 5.41) is 0. The van der Waals surface area contributed by atoms with Crippen LogP contribution in [0.5, 0.6) is 0 Å². The monoisotopic (exact) mass is 184 g/mol. The van der Waals surface area contributed by atoms with E-state index in [1.807, 2.05) is 0 Å². The van der Waals surface area contributed by atoms with Crippen molar-refractivity contribution in [3.8, 4) is 0 Å². The summed E-state index contributed by atoms with van der Waals surface area (Å²) >= 11 is 0. The van der Waals surface area contributed by atoms with Crippen molar-refractivity contribution in [1.82, 2.24) is 0 Å². The smallest absolute Gasteiger partial charge is 0.0994 e. The van der Waals surface area contributed by atoms with Gasteiger partial charge in [0.05, 0.1) is 11.9 Å². The second kappa shape index (κ2) is 4.64. The molecular weight excluding hydrogens is 160 g/mol. The lowest BCUT2D eigenvalue weighted by Crippen LogP contribution is -2.31. The van der Waals surface area contributed by atoms with Gasteiger partial charge in [0.25, 0.3) is 0 Å². The first-order chi connectivity index (χ1) is 5.79. The topological polar surface area (TPSA) is 38.4 Å². The van der Waals surface area contributed by atoms with E-state index in [0.717, 1.165) is 12.3 Å². The zero-order valence-electron chi connectivity index (χ0n) is 9.89. The number of hydrogen-bond acceptors (Lipinski definition) is 1. The van der Waals surface area contributed by atoms with Gasteiger partial charge in [0, 0.05) is 5.41 Å². The summed E-state index contributed by atoms with van der Waals surface area (Å²) in [4.78, 5) is 4.51. The van der Waals surface area contributed by atoms with Crippen molar-refractivity contribution in [2.24, 2.45) is 22.1 Å². The molecule has 0 saturated heterocycles. The molecule has 0 bridgehead atoms. The Kier molecular flexibility index (Phi) is 4.45. The molecule has 0 aromatic heterocycles. The van der Waals surface area contributed by atoms with Crippen LogP contribution in [0.25, 0.3) is 0 Å². The van der Waals surface area contributed by atoms with E-state index in [1.165, 1.54) is 0 Å². The molecule has 0 rings (SSSR count). The van der Waals surface area contributed by atoms with Crippen LogP contribution in [-0.4, -0.2) is 11.9 Å². The number of aliphatic imine (C=N–C) groups is 1. The number of nitrogens with zero attached hydrogens (tertiary/aromatic N) is 1. The van der Waals surface area contributed by atoms with Gasteiger partial charge < -0.3 is 5.73 Å². The molecule has 0 radical (unpaired) electrons. The standard InChI is InChI=1S/C11H24N2/c1-7-8(2)9(3)13-10(12)11(4,5)6/h8-9H,7H2,1-6H3,(H2,12,13). The number of hydrogen-bond donors (Lipinski definition) is 1. The van der Waals surface area contributed by atoms with E-state index >= 15 is 0 Å². The SMILES string of the molecule is CCC(C)C(C)N=C(N)C(C)(C)C. The Hall–Kier alpha value is -0.530. The molecule has 0 aliphatic heterocycles. The molecular formula is C11H24N2. The van der Waals surface area contributed by atoms with Crippen molar-refractivity contribution in [2.75, 3.05) is 0 Å². The Morgan fingerprint density at radius 3 is 2.08 bits per heavy atom. The van der Waals surface area contributed by atoms with Crippen LogP contribution in [0.1, 0.15) is 48.0 Å². The van der Waals surface area contributed by atoms with Gasteiger partial charge in [-0.25, -0.2) is 0 Å². The first-order valence-electron chi connectivity index (χ1n) is 5.12. The maximum Gasteiger partial charge on any atom is 0.0994 e. The minimum Gasteiger partial charge on any atom is -0.387 e. The van der Waals surface area contributed by atoms with Gasteiger partial charge in [-0.2, -0.15) is 0 Å². The molecule has 0 fully saturated rings. The third-order valence-electron chi connectivity index (χ3n) is 2.58.